The third-order valence-electron chi connectivity index (χ3n) is 4.69. The summed E-state index contributed by atoms with van der Waals surface area (Å²) in [6, 6.07) is 3.48. The number of halogens is 3. The Labute approximate surface area is 155 Å². The van der Waals surface area contributed by atoms with E-state index in [9.17, 15) is 23.4 Å². The average Bonchev–Trinajstić information content (AvgIpc) is 2.93. The third kappa shape index (κ3) is 4.16. The molecule has 0 atom stereocenters. The first-order valence-electron chi connectivity index (χ1n) is 8.71. The second-order valence-corrected chi connectivity index (χ2v) is 7.56. The molecule has 0 saturated carbocycles. The molecule has 8 heteroatoms. The quantitative estimate of drug-likeness (QED) is 0.845. The number of hydrogen-bond donors (Lipinski definition) is 2. The van der Waals surface area contributed by atoms with Gasteiger partial charge in [0.15, 0.2) is 5.82 Å². The standard InChI is InChI=1S/C19H22F3N3O2/c1-11-8-13(19(20,21)22)10-15(26)16(11)14-9-12-4-6-25(17(12)24-23-14)7-5-18(2,3)27/h8-10,26-27H,4-7H2,1-3H3. The molecule has 0 bridgehead atoms. The van der Waals surface area contributed by atoms with E-state index in [4.69, 9.17) is 0 Å². The molecule has 0 spiro atoms. The molecule has 146 valence electrons. The summed E-state index contributed by atoms with van der Waals surface area (Å²) in [6.45, 7) is 6.37. The highest BCUT2D eigenvalue weighted by molar-refractivity contribution is 5.73. The van der Waals surface area contributed by atoms with Crippen molar-refractivity contribution in [1.82, 2.24) is 10.2 Å². The molecule has 1 aromatic carbocycles. The van der Waals surface area contributed by atoms with Crippen LogP contribution in [0.1, 0.15) is 37.0 Å². The first kappa shape index (κ1) is 19.4. The molecule has 0 unspecified atom stereocenters. The van der Waals surface area contributed by atoms with Crippen LogP contribution < -0.4 is 4.90 Å². The number of aliphatic hydroxyl groups is 1. The number of aromatic nitrogens is 2. The zero-order valence-electron chi connectivity index (χ0n) is 15.4. The minimum Gasteiger partial charge on any atom is -0.507 e. The molecule has 2 N–H and O–H groups in total. The first-order valence-corrected chi connectivity index (χ1v) is 8.71. The van der Waals surface area contributed by atoms with E-state index in [0.29, 0.717) is 30.5 Å². The van der Waals surface area contributed by atoms with Gasteiger partial charge >= 0.3 is 6.18 Å². The molecule has 0 aliphatic carbocycles. The minimum absolute atomic E-state index is 0.258. The summed E-state index contributed by atoms with van der Waals surface area (Å²) in [4.78, 5) is 2.03. The molecule has 0 saturated heterocycles. The van der Waals surface area contributed by atoms with Crippen molar-refractivity contribution in [3.8, 4) is 17.0 Å². The zero-order chi connectivity index (χ0) is 20.0. The van der Waals surface area contributed by atoms with E-state index in [-0.39, 0.29) is 11.1 Å². The summed E-state index contributed by atoms with van der Waals surface area (Å²) in [5.74, 6) is 0.250. The molecule has 2 heterocycles. The highest BCUT2D eigenvalue weighted by Gasteiger charge is 2.32. The summed E-state index contributed by atoms with van der Waals surface area (Å²) < 4.78 is 38.7. The predicted octanol–water partition coefficient (Wildman–Crippen LogP) is 3.70. The number of nitrogens with zero attached hydrogens (tertiary/aromatic N) is 3. The summed E-state index contributed by atoms with van der Waals surface area (Å²) in [5, 5.41) is 28.4. The molecule has 0 amide bonds. The van der Waals surface area contributed by atoms with Crippen LogP contribution in [0.2, 0.25) is 0 Å². The van der Waals surface area contributed by atoms with Gasteiger partial charge in [0.25, 0.3) is 0 Å². The van der Waals surface area contributed by atoms with Crippen molar-refractivity contribution in [3.63, 3.8) is 0 Å². The smallest absolute Gasteiger partial charge is 0.416 e. The SMILES string of the molecule is Cc1cc(C(F)(F)F)cc(O)c1-c1cc2c(nn1)N(CCC(C)(C)O)CC2. The lowest BCUT2D eigenvalue weighted by atomic mass is 9.99. The van der Waals surface area contributed by atoms with Gasteiger partial charge in [-0.25, -0.2) is 0 Å². The fourth-order valence-electron chi connectivity index (χ4n) is 3.25. The van der Waals surface area contributed by atoms with Crippen LogP contribution in [-0.4, -0.2) is 39.1 Å². The molecule has 2 aromatic rings. The van der Waals surface area contributed by atoms with Gasteiger partial charge < -0.3 is 15.1 Å². The monoisotopic (exact) mass is 381 g/mol. The van der Waals surface area contributed by atoms with Crippen molar-refractivity contribution in [1.29, 1.82) is 0 Å². The Morgan fingerprint density at radius 3 is 2.44 bits per heavy atom. The van der Waals surface area contributed by atoms with Gasteiger partial charge in [0.2, 0.25) is 0 Å². The van der Waals surface area contributed by atoms with Crippen LogP contribution in [0.4, 0.5) is 19.0 Å². The Morgan fingerprint density at radius 1 is 1.15 bits per heavy atom. The normalized spacial score (nSPS) is 14.6. The van der Waals surface area contributed by atoms with E-state index in [1.54, 1.807) is 19.9 Å². The maximum atomic E-state index is 12.9. The van der Waals surface area contributed by atoms with E-state index < -0.39 is 23.1 Å². The molecule has 0 fully saturated rings. The van der Waals surface area contributed by atoms with Gasteiger partial charge in [0.1, 0.15) is 5.75 Å². The lowest BCUT2D eigenvalue weighted by Gasteiger charge is -2.23. The topological polar surface area (TPSA) is 69.5 Å². The predicted molar refractivity (Wildman–Crippen MR) is 95.7 cm³/mol. The Kier molecular flexibility index (Phi) is 4.80. The van der Waals surface area contributed by atoms with Crippen molar-refractivity contribution >= 4 is 5.82 Å². The summed E-state index contributed by atoms with van der Waals surface area (Å²) >= 11 is 0. The van der Waals surface area contributed by atoms with Crippen LogP contribution in [0.15, 0.2) is 18.2 Å². The van der Waals surface area contributed by atoms with Gasteiger partial charge in [-0.3, -0.25) is 0 Å². The number of anilines is 1. The van der Waals surface area contributed by atoms with E-state index >= 15 is 0 Å². The number of rotatable bonds is 4. The Bertz CT molecular complexity index is 837. The van der Waals surface area contributed by atoms with Crippen molar-refractivity contribution in [2.24, 2.45) is 0 Å². The van der Waals surface area contributed by atoms with E-state index in [1.165, 1.54) is 6.92 Å². The van der Waals surface area contributed by atoms with Gasteiger partial charge in [-0.2, -0.15) is 13.2 Å². The van der Waals surface area contributed by atoms with Gasteiger partial charge in [0.05, 0.1) is 16.9 Å². The molecule has 1 aromatic heterocycles. The van der Waals surface area contributed by atoms with Gasteiger partial charge in [-0.15, -0.1) is 10.2 Å². The minimum atomic E-state index is -4.52. The number of aryl methyl sites for hydroxylation is 1. The first-order chi connectivity index (χ1) is 12.5. The molecule has 1 aliphatic rings. The maximum Gasteiger partial charge on any atom is 0.416 e. The highest BCUT2D eigenvalue weighted by atomic mass is 19.4. The number of hydrogen-bond acceptors (Lipinski definition) is 5. The molecule has 3 rings (SSSR count). The second kappa shape index (κ2) is 6.67. The molecular weight excluding hydrogens is 359 g/mol. The zero-order valence-corrected chi connectivity index (χ0v) is 15.4. The molecular formula is C19H22F3N3O2. The van der Waals surface area contributed by atoms with Crippen LogP contribution in [0.25, 0.3) is 11.3 Å². The lowest BCUT2D eigenvalue weighted by molar-refractivity contribution is -0.137. The van der Waals surface area contributed by atoms with Gasteiger partial charge in [-0.05, 0) is 57.4 Å². The second-order valence-electron chi connectivity index (χ2n) is 7.56. The van der Waals surface area contributed by atoms with Crippen LogP contribution in [0.3, 0.4) is 0 Å². The van der Waals surface area contributed by atoms with E-state index in [2.05, 4.69) is 10.2 Å². The largest absolute Gasteiger partial charge is 0.507 e. The third-order valence-corrected chi connectivity index (χ3v) is 4.69. The van der Waals surface area contributed by atoms with Crippen molar-refractivity contribution in [3.05, 3.63) is 34.9 Å². The van der Waals surface area contributed by atoms with Gasteiger partial charge in [0, 0.05) is 24.2 Å². The Hall–Kier alpha value is -2.35. The van der Waals surface area contributed by atoms with Gasteiger partial charge in [-0.1, -0.05) is 0 Å². The molecule has 0 radical (unpaired) electrons. The average molecular weight is 381 g/mol. The number of aromatic hydroxyl groups is 1. The Balaban J connectivity index is 1.91. The number of phenols is 1. The highest BCUT2D eigenvalue weighted by Crippen LogP contribution is 2.39. The van der Waals surface area contributed by atoms with Crippen molar-refractivity contribution < 1.29 is 23.4 Å². The molecule has 27 heavy (non-hydrogen) atoms. The summed E-state index contributed by atoms with van der Waals surface area (Å²) in [6.07, 6.45) is -3.22. The number of alkyl halides is 3. The van der Waals surface area contributed by atoms with Crippen LogP contribution in [0.5, 0.6) is 5.75 Å². The Morgan fingerprint density at radius 2 is 1.85 bits per heavy atom. The lowest BCUT2D eigenvalue weighted by Crippen LogP contribution is -2.30. The number of benzene rings is 1. The maximum absolute atomic E-state index is 12.9. The van der Waals surface area contributed by atoms with Crippen molar-refractivity contribution in [2.75, 3.05) is 18.0 Å². The fourth-order valence-corrected chi connectivity index (χ4v) is 3.25. The fraction of sp³-hybridized carbons (Fsp3) is 0.474. The van der Waals surface area contributed by atoms with Crippen LogP contribution in [0, 0.1) is 6.92 Å². The molecule has 1 aliphatic heterocycles. The van der Waals surface area contributed by atoms with Crippen molar-refractivity contribution in [2.45, 2.75) is 45.4 Å². The number of phenolic OH excluding ortho intramolecular Hbond substituents is 1. The summed E-state index contributed by atoms with van der Waals surface area (Å²) in [5.41, 5.74) is 0.144. The summed E-state index contributed by atoms with van der Waals surface area (Å²) in [7, 11) is 0. The van der Waals surface area contributed by atoms with Crippen LogP contribution in [-0.2, 0) is 12.6 Å². The molecule has 5 nitrogen and oxygen atoms in total. The van der Waals surface area contributed by atoms with E-state index in [1.807, 2.05) is 4.90 Å². The number of fused-ring (bicyclic) bond motifs is 1. The van der Waals surface area contributed by atoms with Crippen LogP contribution >= 0.6 is 0 Å². The van der Waals surface area contributed by atoms with E-state index in [0.717, 1.165) is 24.6 Å².